The minimum absolute atomic E-state index is 0.0352. The summed E-state index contributed by atoms with van der Waals surface area (Å²) in [7, 11) is -2.82. The lowest BCUT2D eigenvalue weighted by Gasteiger charge is -2.13. The third-order valence-electron chi connectivity index (χ3n) is 2.87. The maximum absolute atomic E-state index is 11.3. The molecule has 1 heterocycles. The Bertz CT molecular complexity index is 497. The molecule has 0 saturated carbocycles. The molecule has 1 aromatic carbocycles. The number of nitrogens with two attached hydrogens (primary N) is 1. The molecule has 0 radical (unpaired) electrons. The Balaban J connectivity index is 2.08. The predicted octanol–water partition coefficient (Wildman–Crippen LogP) is 1.18. The van der Waals surface area contributed by atoms with Crippen molar-refractivity contribution in [2.45, 2.75) is 19.4 Å². The Kier molecular flexibility index (Phi) is 2.80. The number of anilines is 2. The molecular formula is C11H16N2O2S. The smallest absolute Gasteiger partial charge is 0.152 e. The summed E-state index contributed by atoms with van der Waals surface area (Å²) in [6.45, 7) is 1.94. The van der Waals surface area contributed by atoms with Crippen LogP contribution in [0.4, 0.5) is 11.4 Å². The van der Waals surface area contributed by atoms with Crippen LogP contribution in [-0.2, 0) is 9.84 Å². The molecule has 1 aliphatic rings. The summed E-state index contributed by atoms with van der Waals surface area (Å²) in [5, 5.41) is 3.23. The highest BCUT2D eigenvalue weighted by Gasteiger charge is 2.27. The molecule has 3 N–H and O–H groups in total. The number of nitrogen functional groups attached to an aromatic ring is 1. The zero-order chi connectivity index (χ0) is 11.8. The number of benzene rings is 1. The van der Waals surface area contributed by atoms with Gasteiger partial charge in [-0.2, -0.15) is 0 Å². The first-order valence-electron chi connectivity index (χ1n) is 5.29. The number of hydrogen-bond acceptors (Lipinski definition) is 4. The quantitative estimate of drug-likeness (QED) is 0.761. The van der Waals surface area contributed by atoms with E-state index in [0.29, 0.717) is 12.2 Å². The fraction of sp³-hybridized carbons (Fsp3) is 0.455. The second-order valence-corrected chi connectivity index (χ2v) is 6.54. The van der Waals surface area contributed by atoms with Crippen LogP contribution in [0.1, 0.15) is 12.0 Å². The molecule has 0 aliphatic carbocycles. The van der Waals surface area contributed by atoms with Crippen LogP contribution in [0.5, 0.6) is 0 Å². The van der Waals surface area contributed by atoms with Gasteiger partial charge in [-0.1, -0.05) is 0 Å². The molecule has 1 unspecified atom stereocenters. The monoisotopic (exact) mass is 240 g/mol. The highest BCUT2D eigenvalue weighted by molar-refractivity contribution is 7.91. The first-order valence-corrected chi connectivity index (χ1v) is 7.11. The van der Waals surface area contributed by atoms with E-state index in [1.54, 1.807) is 0 Å². The van der Waals surface area contributed by atoms with Gasteiger partial charge in [-0.05, 0) is 37.1 Å². The Morgan fingerprint density at radius 3 is 2.75 bits per heavy atom. The first kappa shape index (κ1) is 11.3. The molecule has 1 aliphatic heterocycles. The largest absolute Gasteiger partial charge is 0.399 e. The van der Waals surface area contributed by atoms with Gasteiger partial charge in [0, 0.05) is 17.4 Å². The van der Waals surface area contributed by atoms with Crippen molar-refractivity contribution in [2.75, 3.05) is 22.6 Å². The number of sulfone groups is 1. The van der Waals surface area contributed by atoms with E-state index in [1.165, 1.54) is 0 Å². The van der Waals surface area contributed by atoms with E-state index < -0.39 is 9.84 Å². The van der Waals surface area contributed by atoms with Crippen LogP contribution in [0.2, 0.25) is 0 Å². The molecule has 0 amide bonds. The van der Waals surface area contributed by atoms with Crippen LogP contribution >= 0.6 is 0 Å². The van der Waals surface area contributed by atoms with E-state index in [4.69, 9.17) is 5.73 Å². The maximum atomic E-state index is 11.3. The highest BCUT2D eigenvalue weighted by Crippen LogP contribution is 2.20. The molecule has 0 bridgehead atoms. The minimum atomic E-state index is -2.82. The molecule has 1 fully saturated rings. The number of rotatable bonds is 2. The molecule has 5 heteroatoms. The lowest BCUT2D eigenvalue weighted by Crippen LogP contribution is -2.20. The van der Waals surface area contributed by atoms with Crippen molar-refractivity contribution >= 4 is 21.2 Å². The summed E-state index contributed by atoms with van der Waals surface area (Å²) in [6, 6.07) is 5.70. The fourth-order valence-electron chi connectivity index (χ4n) is 1.91. The van der Waals surface area contributed by atoms with Gasteiger partial charge in [0.1, 0.15) is 0 Å². The van der Waals surface area contributed by atoms with Gasteiger partial charge in [0.25, 0.3) is 0 Å². The van der Waals surface area contributed by atoms with E-state index >= 15 is 0 Å². The summed E-state index contributed by atoms with van der Waals surface area (Å²) in [6.07, 6.45) is 0.686. The first-order chi connectivity index (χ1) is 7.46. The number of hydrogen-bond donors (Lipinski definition) is 2. The summed E-state index contributed by atoms with van der Waals surface area (Å²) in [5.41, 5.74) is 8.41. The molecule has 88 valence electrons. The molecule has 1 saturated heterocycles. The Morgan fingerprint density at radius 1 is 1.44 bits per heavy atom. The third-order valence-corrected chi connectivity index (χ3v) is 4.64. The van der Waals surface area contributed by atoms with Crippen LogP contribution in [0.15, 0.2) is 18.2 Å². The summed E-state index contributed by atoms with van der Waals surface area (Å²) in [5.74, 6) is 0.523. The second-order valence-electron chi connectivity index (χ2n) is 4.32. The number of nitrogens with one attached hydrogen (secondary N) is 1. The topological polar surface area (TPSA) is 72.2 Å². The fourth-order valence-corrected chi connectivity index (χ4v) is 3.58. The highest BCUT2D eigenvalue weighted by atomic mass is 32.2. The van der Waals surface area contributed by atoms with E-state index in [9.17, 15) is 8.42 Å². The average Bonchev–Trinajstić information content (AvgIpc) is 2.52. The van der Waals surface area contributed by atoms with Crippen molar-refractivity contribution in [3.05, 3.63) is 23.8 Å². The predicted molar refractivity (Wildman–Crippen MR) is 66.3 cm³/mol. The zero-order valence-electron chi connectivity index (χ0n) is 9.23. The van der Waals surface area contributed by atoms with Crippen molar-refractivity contribution in [2.24, 2.45) is 0 Å². The van der Waals surface area contributed by atoms with E-state index in [0.717, 1.165) is 16.9 Å². The normalized spacial score (nSPS) is 23.2. The lowest BCUT2D eigenvalue weighted by atomic mass is 10.1. The summed E-state index contributed by atoms with van der Waals surface area (Å²) >= 11 is 0. The van der Waals surface area contributed by atoms with Crippen LogP contribution in [0, 0.1) is 6.92 Å². The number of aryl methyl sites for hydroxylation is 1. The molecule has 16 heavy (non-hydrogen) atoms. The van der Waals surface area contributed by atoms with Crippen molar-refractivity contribution in [3.63, 3.8) is 0 Å². The van der Waals surface area contributed by atoms with Crippen LogP contribution in [0.3, 0.4) is 0 Å². The third kappa shape index (κ3) is 2.47. The minimum Gasteiger partial charge on any atom is -0.399 e. The molecule has 1 aromatic rings. The van der Waals surface area contributed by atoms with E-state index in [1.807, 2.05) is 25.1 Å². The maximum Gasteiger partial charge on any atom is 0.152 e. The molecule has 0 aromatic heterocycles. The standard InChI is InChI=1S/C11H16N2O2S/c1-8-6-9(2-3-11(8)12)13-10-4-5-16(14,15)7-10/h2-3,6,10,13H,4-5,7,12H2,1H3. The van der Waals surface area contributed by atoms with Crippen molar-refractivity contribution in [1.82, 2.24) is 0 Å². The lowest BCUT2D eigenvalue weighted by molar-refractivity contribution is 0.602. The van der Waals surface area contributed by atoms with Crippen molar-refractivity contribution in [1.29, 1.82) is 0 Å². The van der Waals surface area contributed by atoms with Gasteiger partial charge in [-0.15, -0.1) is 0 Å². The zero-order valence-corrected chi connectivity index (χ0v) is 10.0. The van der Waals surface area contributed by atoms with E-state index in [-0.39, 0.29) is 11.8 Å². The molecule has 0 spiro atoms. The van der Waals surface area contributed by atoms with Crippen molar-refractivity contribution in [3.8, 4) is 0 Å². The average molecular weight is 240 g/mol. The van der Waals surface area contributed by atoms with Gasteiger partial charge in [0.05, 0.1) is 11.5 Å². The SMILES string of the molecule is Cc1cc(NC2CCS(=O)(=O)C2)ccc1N. The van der Waals surface area contributed by atoms with Gasteiger partial charge in [0.2, 0.25) is 0 Å². The van der Waals surface area contributed by atoms with Gasteiger partial charge >= 0.3 is 0 Å². The van der Waals surface area contributed by atoms with Gasteiger partial charge < -0.3 is 11.1 Å². The Morgan fingerprint density at radius 2 is 2.19 bits per heavy atom. The van der Waals surface area contributed by atoms with Gasteiger partial charge in [0.15, 0.2) is 9.84 Å². The molecule has 4 nitrogen and oxygen atoms in total. The van der Waals surface area contributed by atoms with E-state index in [2.05, 4.69) is 5.32 Å². The Hall–Kier alpha value is -1.23. The second kappa shape index (κ2) is 3.97. The van der Waals surface area contributed by atoms with Gasteiger partial charge in [-0.3, -0.25) is 0 Å². The van der Waals surface area contributed by atoms with Crippen LogP contribution in [-0.4, -0.2) is 26.0 Å². The molecule has 1 atom stereocenters. The molecule has 2 rings (SSSR count). The molecular weight excluding hydrogens is 224 g/mol. The van der Waals surface area contributed by atoms with Gasteiger partial charge in [-0.25, -0.2) is 8.42 Å². The summed E-state index contributed by atoms with van der Waals surface area (Å²) < 4.78 is 22.6. The van der Waals surface area contributed by atoms with Crippen molar-refractivity contribution < 1.29 is 8.42 Å². The van der Waals surface area contributed by atoms with Crippen LogP contribution < -0.4 is 11.1 Å². The van der Waals surface area contributed by atoms with Crippen LogP contribution in [0.25, 0.3) is 0 Å². The summed E-state index contributed by atoms with van der Waals surface area (Å²) in [4.78, 5) is 0. The Labute approximate surface area is 95.8 Å².